The first-order valence-corrected chi connectivity index (χ1v) is 10.0. The largest absolute Gasteiger partial charge is 0.363 e. The van der Waals surface area contributed by atoms with Crippen LogP contribution in [-0.4, -0.2) is 69.8 Å². The van der Waals surface area contributed by atoms with Crippen molar-refractivity contribution in [1.29, 1.82) is 0 Å². The number of aryl methyl sites for hydroxylation is 2. The minimum atomic E-state index is 0.0389. The van der Waals surface area contributed by atoms with Crippen LogP contribution in [0.3, 0.4) is 0 Å². The molecule has 2 aliphatic rings. The van der Waals surface area contributed by atoms with Gasteiger partial charge >= 0.3 is 0 Å². The summed E-state index contributed by atoms with van der Waals surface area (Å²) in [5.41, 5.74) is 1.54. The molecule has 8 heteroatoms. The van der Waals surface area contributed by atoms with E-state index in [2.05, 4.69) is 26.0 Å². The van der Waals surface area contributed by atoms with Gasteiger partial charge in [0.2, 0.25) is 0 Å². The summed E-state index contributed by atoms with van der Waals surface area (Å²) in [6.45, 7) is 3.48. The molecule has 1 saturated carbocycles. The topological polar surface area (TPSA) is 70.4 Å². The summed E-state index contributed by atoms with van der Waals surface area (Å²) in [7, 11) is 5.86. The monoisotopic (exact) mass is 383 g/mol. The Bertz CT molecular complexity index is 830. The van der Waals surface area contributed by atoms with Gasteiger partial charge in [-0.2, -0.15) is 5.10 Å². The van der Waals surface area contributed by atoms with Crippen LogP contribution in [0.2, 0.25) is 0 Å². The van der Waals surface area contributed by atoms with E-state index in [1.165, 1.54) is 12.8 Å². The van der Waals surface area contributed by atoms with Gasteiger partial charge in [0.15, 0.2) is 5.69 Å². The molecular weight excluding hydrogens is 354 g/mol. The lowest BCUT2D eigenvalue weighted by atomic mass is 10.0. The molecule has 150 valence electrons. The molecule has 4 rings (SSSR count). The van der Waals surface area contributed by atoms with Crippen molar-refractivity contribution in [1.82, 2.24) is 24.6 Å². The van der Waals surface area contributed by atoms with Crippen LogP contribution in [0.4, 0.5) is 11.6 Å². The quantitative estimate of drug-likeness (QED) is 0.785. The van der Waals surface area contributed by atoms with Gasteiger partial charge < -0.3 is 14.7 Å². The Labute approximate surface area is 166 Å². The zero-order valence-corrected chi connectivity index (χ0v) is 17.2. The molecule has 1 aliphatic carbocycles. The highest BCUT2D eigenvalue weighted by Gasteiger charge is 2.37. The first kappa shape index (κ1) is 18.7. The van der Waals surface area contributed by atoms with Crippen LogP contribution in [0.5, 0.6) is 0 Å². The molecule has 0 spiro atoms. The predicted molar refractivity (Wildman–Crippen MR) is 109 cm³/mol. The molecule has 0 bridgehead atoms. The number of hydrogen-bond donors (Lipinski definition) is 0. The van der Waals surface area contributed by atoms with Crippen LogP contribution >= 0.6 is 0 Å². The van der Waals surface area contributed by atoms with E-state index in [0.717, 1.165) is 43.3 Å². The molecule has 0 unspecified atom stereocenters. The minimum Gasteiger partial charge on any atom is -0.363 e. The molecule has 3 heterocycles. The summed E-state index contributed by atoms with van der Waals surface area (Å²) >= 11 is 0. The van der Waals surface area contributed by atoms with Crippen molar-refractivity contribution in [2.24, 2.45) is 7.05 Å². The average Bonchev–Trinajstić information content (AvgIpc) is 3.47. The van der Waals surface area contributed by atoms with Gasteiger partial charge in [0, 0.05) is 58.1 Å². The van der Waals surface area contributed by atoms with Gasteiger partial charge in [0.05, 0.1) is 0 Å². The zero-order chi connectivity index (χ0) is 19.8. The summed E-state index contributed by atoms with van der Waals surface area (Å²) in [6.07, 6.45) is 5.99. The van der Waals surface area contributed by atoms with Crippen molar-refractivity contribution in [3.8, 4) is 0 Å². The SMILES string of the molecule is Cc1cc(C(=O)N2CCC(N(c3cc(N(C)C)ncn3)C3CC3)CC2)nn1C. The first-order valence-electron chi connectivity index (χ1n) is 10.0. The van der Waals surface area contributed by atoms with Crippen LogP contribution in [0.15, 0.2) is 18.5 Å². The smallest absolute Gasteiger partial charge is 0.274 e. The van der Waals surface area contributed by atoms with Crippen molar-refractivity contribution >= 4 is 17.5 Å². The molecule has 2 aromatic rings. The van der Waals surface area contributed by atoms with Gasteiger partial charge in [-0.25, -0.2) is 9.97 Å². The lowest BCUT2D eigenvalue weighted by Gasteiger charge is -2.39. The van der Waals surface area contributed by atoms with Gasteiger partial charge in [-0.3, -0.25) is 9.48 Å². The van der Waals surface area contributed by atoms with E-state index in [1.807, 2.05) is 43.9 Å². The van der Waals surface area contributed by atoms with Crippen LogP contribution in [0, 0.1) is 6.92 Å². The molecule has 2 aromatic heterocycles. The third-order valence-corrected chi connectivity index (χ3v) is 5.78. The lowest BCUT2D eigenvalue weighted by Crippen LogP contribution is -2.48. The Morgan fingerprint density at radius 2 is 1.68 bits per heavy atom. The van der Waals surface area contributed by atoms with Crippen molar-refractivity contribution < 1.29 is 4.79 Å². The van der Waals surface area contributed by atoms with E-state index in [1.54, 1.807) is 11.0 Å². The van der Waals surface area contributed by atoms with E-state index in [-0.39, 0.29) is 5.91 Å². The second-order valence-electron chi connectivity index (χ2n) is 8.09. The molecule has 0 aromatic carbocycles. The van der Waals surface area contributed by atoms with Gasteiger partial charge in [-0.15, -0.1) is 0 Å². The number of hydrogen-bond acceptors (Lipinski definition) is 6. The number of aromatic nitrogens is 4. The van der Waals surface area contributed by atoms with Crippen molar-refractivity contribution in [2.75, 3.05) is 37.0 Å². The Balaban J connectivity index is 1.45. The molecule has 1 saturated heterocycles. The summed E-state index contributed by atoms with van der Waals surface area (Å²) in [5.74, 6) is 1.97. The number of amides is 1. The maximum absolute atomic E-state index is 12.8. The minimum absolute atomic E-state index is 0.0389. The molecule has 2 fully saturated rings. The average molecular weight is 384 g/mol. The highest BCUT2D eigenvalue weighted by molar-refractivity contribution is 5.92. The fraction of sp³-hybridized carbons (Fsp3) is 0.600. The van der Waals surface area contributed by atoms with Crippen molar-refractivity contribution in [3.63, 3.8) is 0 Å². The lowest BCUT2D eigenvalue weighted by molar-refractivity contribution is 0.0705. The summed E-state index contributed by atoms with van der Waals surface area (Å²) in [5, 5.41) is 4.34. The molecule has 8 nitrogen and oxygen atoms in total. The molecule has 0 radical (unpaired) electrons. The van der Waals surface area contributed by atoms with Gasteiger partial charge in [-0.1, -0.05) is 0 Å². The summed E-state index contributed by atoms with van der Waals surface area (Å²) < 4.78 is 1.76. The first-order chi connectivity index (χ1) is 13.4. The number of carbonyl (C=O) groups excluding carboxylic acids is 1. The van der Waals surface area contributed by atoms with Crippen LogP contribution in [0.1, 0.15) is 41.9 Å². The number of carbonyl (C=O) groups is 1. The summed E-state index contributed by atoms with van der Waals surface area (Å²) in [4.78, 5) is 28.1. The number of anilines is 2. The molecular formula is C20H29N7O. The second kappa shape index (κ2) is 7.41. The second-order valence-corrected chi connectivity index (χ2v) is 8.09. The molecule has 28 heavy (non-hydrogen) atoms. The van der Waals surface area contributed by atoms with E-state index in [9.17, 15) is 4.79 Å². The van der Waals surface area contributed by atoms with Gasteiger partial charge in [-0.05, 0) is 38.7 Å². The van der Waals surface area contributed by atoms with Crippen LogP contribution < -0.4 is 9.80 Å². The fourth-order valence-corrected chi connectivity index (χ4v) is 3.92. The number of rotatable bonds is 5. The van der Waals surface area contributed by atoms with Gasteiger partial charge in [0.1, 0.15) is 18.0 Å². The van der Waals surface area contributed by atoms with Crippen molar-refractivity contribution in [3.05, 3.63) is 29.8 Å². The van der Waals surface area contributed by atoms with E-state index < -0.39 is 0 Å². The highest BCUT2D eigenvalue weighted by atomic mass is 16.2. The van der Waals surface area contributed by atoms with E-state index in [4.69, 9.17) is 0 Å². The third-order valence-electron chi connectivity index (χ3n) is 5.78. The number of nitrogens with zero attached hydrogens (tertiary/aromatic N) is 7. The van der Waals surface area contributed by atoms with Crippen molar-refractivity contribution in [2.45, 2.75) is 44.7 Å². The van der Waals surface area contributed by atoms with Gasteiger partial charge in [0.25, 0.3) is 5.91 Å². The third kappa shape index (κ3) is 3.68. The standard InChI is InChI=1S/C20H29N7O/c1-14-11-17(23-25(14)4)20(28)26-9-7-16(8-10-26)27(15-5-6-15)19-12-18(24(2)3)21-13-22-19/h11-13,15-16H,5-10H2,1-4H3. The van der Waals surface area contributed by atoms with E-state index >= 15 is 0 Å². The molecule has 0 atom stereocenters. The Morgan fingerprint density at radius 1 is 1.04 bits per heavy atom. The van der Waals surface area contributed by atoms with Crippen LogP contribution in [0.25, 0.3) is 0 Å². The maximum atomic E-state index is 12.8. The van der Waals surface area contributed by atoms with E-state index in [0.29, 0.717) is 17.8 Å². The van der Waals surface area contributed by atoms with Crippen LogP contribution in [-0.2, 0) is 7.05 Å². The maximum Gasteiger partial charge on any atom is 0.274 e. The fourth-order valence-electron chi connectivity index (χ4n) is 3.92. The number of piperidine rings is 1. The molecule has 1 aliphatic heterocycles. The predicted octanol–water partition coefficient (Wildman–Crippen LogP) is 1.86. The zero-order valence-electron chi connectivity index (χ0n) is 17.2. The Hall–Kier alpha value is -2.64. The molecule has 0 N–H and O–H groups in total. The highest BCUT2D eigenvalue weighted by Crippen LogP contribution is 2.36. The Morgan fingerprint density at radius 3 is 2.25 bits per heavy atom. The molecule has 1 amide bonds. The Kier molecular flexibility index (Phi) is 4.95. The summed E-state index contributed by atoms with van der Waals surface area (Å²) in [6, 6.07) is 4.92. The normalized spacial score (nSPS) is 17.6. The number of likely N-dealkylation sites (tertiary alicyclic amines) is 1.